The largest absolute Gasteiger partial charge is 0.417 e. The van der Waals surface area contributed by atoms with Gasteiger partial charge in [0.2, 0.25) is 0 Å². The Hall–Kier alpha value is -1.05. The van der Waals surface area contributed by atoms with E-state index < -0.39 is 17.3 Å². The van der Waals surface area contributed by atoms with Gasteiger partial charge in [-0.3, -0.25) is 4.99 Å². The topological polar surface area (TPSA) is 82.0 Å². The Kier molecular flexibility index (Phi) is 9.46. The van der Waals surface area contributed by atoms with Gasteiger partial charge in [0.05, 0.1) is 22.7 Å². The molecule has 0 aliphatic carbocycles. The Balaban J connectivity index is 0.00000341. The Morgan fingerprint density at radius 2 is 2.13 bits per heavy atom. The maximum atomic E-state index is 12.8. The van der Waals surface area contributed by atoms with E-state index in [1.165, 1.54) is 0 Å². The normalized spacial score (nSPS) is 21.5. The van der Waals surface area contributed by atoms with E-state index in [1.54, 1.807) is 0 Å². The van der Waals surface area contributed by atoms with Gasteiger partial charge in [0.1, 0.15) is 5.82 Å². The number of pyridine rings is 1. The van der Waals surface area contributed by atoms with Gasteiger partial charge >= 0.3 is 6.18 Å². The molecule has 2 fully saturated rings. The number of nitrogens with zero attached hydrogens (tertiary/aromatic N) is 3. The molecule has 7 nitrogen and oxygen atoms in total. The fraction of sp³-hybridized carbons (Fsp3) is 0.684. The second kappa shape index (κ2) is 11.2. The average molecular weight is 578 g/mol. The maximum Gasteiger partial charge on any atom is 0.417 e. The van der Waals surface area contributed by atoms with Crippen molar-refractivity contribution in [1.82, 2.24) is 15.6 Å². The van der Waals surface area contributed by atoms with Gasteiger partial charge in [-0.15, -0.1) is 24.0 Å². The van der Waals surface area contributed by atoms with Crippen LogP contribution in [0.3, 0.4) is 0 Å². The van der Waals surface area contributed by atoms with Crippen molar-refractivity contribution in [3.63, 3.8) is 0 Å². The Labute approximate surface area is 201 Å². The summed E-state index contributed by atoms with van der Waals surface area (Å²) in [7, 11) is 0. The fourth-order valence-corrected chi connectivity index (χ4v) is 3.82. The minimum atomic E-state index is -4.48. The number of hydrogen-bond donors (Lipinski definition) is 3. The monoisotopic (exact) mass is 577 g/mol. The summed E-state index contributed by atoms with van der Waals surface area (Å²) in [5.74, 6) is 0.933. The molecule has 12 heteroatoms. The Morgan fingerprint density at radius 1 is 1.42 bits per heavy atom. The molecule has 2 aliphatic heterocycles. The molecule has 3 N–H and O–H groups in total. The highest BCUT2D eigenvalue weighted by molar-refractivity contribution is 14.0. The summed E-state index contributed by atoms with van der Waals surface area (Å²) >= 11 is 6.07. The molecule has 2 saturated heterocycles. The van der Waals surface area contributed by atoms with Crippen molar-refractivity contribution >= 4 is 47.4 Å². The minimum absolute atomic E-state index is 0. The standard InChI is InChI=1S/C19H27ClF3N5O2.HI/c1-2-24-17(26-12-18(29)4-7-30-8-5-18)27-14-3-6-28(11-14)16-15(20)9-13(10-25-16)19(21,22)23;/h9-10,14,29H,2-8,11-12H2,1H3,(H2,24,26,27);1H. The van der Waals surface area contributed by atoms with Crippen LogP contribution in [0.4, 0.5) is 19.0 Å². The molecule has 0 saturated carbocycles. The van der Waals surface area contributed by atoms with Crippen molar-refractivity contribution in [2.24, 2.45) is 4.99 Å². The van der Waals surface area contributed by atoms with Crippen LogP contribution in [0.25, 0.3) is 0 Å². The number of hydrogen-bond acceptors (Lipinski definition) is 5. The lowest BCUT2D eigenvalue weighted by Gasteiger charge is -2.30. The highest BCUT2D eigenvalue weighted by atomic mass is 127. The number of aliphatic hydroxyl groups is 1. The first-order valence-electron chi connectivity index (χ1n) is 10.0. The van der Waals surface area contributed by atoms with Gasteiger partial charge in [0, 0.05) is 57.9 Å². The maximum absolute atomic E-state index is 12.8. The number of alkyl halides is 3. The molecule has 1 atom stereocenters. The zero-order chi connectivity index (χ0) is 21.8. The number of rotatable bonds is 5. The Bertz CT molecular complexity index is 763. The third-order valence-corrected chi connectivity index (χ3v) is 5.56. The summed E-state index contributed by atoms with van der Waals surface area (Å²) in [6.45, 7) is 5.07. The van der Waals surface area contributed by atoms with E-state index in [9.17, 15) is 18.3 Å². The number of halogens is 5. The third-order valence-electron chi connectivity index (χ3n) is 5.28. The second-order valence-corrected chi connectivity index (χ2v) is 8.04. The Morgan fingerprint density at radius 3 is 2.74 bits per heavy atom. The zero-order valence-corrected chi connectivity index (χ0v) is 20.3. The quantitative estimate of drug-likeness (QED) is 0.284. The minimum Gasteiger partial charge on any atom is -0.388 e. The molecule has 2 aliphatic rings. The lowest BCUT2D eigenvalue weighted by Crippen LogP contribution is -2.46. The summed E-state index contributed by atoms with van der Waals surface area (Å²) in [5, 5.41) is 17.1. The van der Waals surface area contributed by atoms with Gasteiger partial charge in [-0.2, -0.15) is 13.2 Å². The number of ether oxygens (including phenoxy) is 1. The first-order valence-corrected chi connectivity index (χ1v) is 10.4. The average Bonchev–Trinajstić information content (AvgIpc) is 3.14. The SMILES string of the molecule is CCNC(=NCC1(O)CCOCC1)NC1CCN(c2ncc(C(F)(F)F)cc2Cl)C1.I. The summed E-state index contributed by atoms with van der Waals surface area (Å²) in [6, 6.07) is 0.928. The molecule has 3 heterocycles. The molecule has 0 radical (unpaired) electrons. The van der Waals surface area contributed by atoms with Gasteiger partial charge < -0.3 is 25.4 Å². The van der Waals surface area contributed by atoms with Crippen LogP contribution in [0, 0.1) is 0 Å². The van der Waals surface area contributed by atoms with Crippen molar-refractivity contribution in [3.8, 4) is 0 Å². The van der Waals surface area contributed by atoms with Gasteiger partial charge in [0.25, 0.3) is 0 Å². The molecule has 176 valence electrons. The zero-order valence-electron chi connectivity index (χ0n) is 17.2. The molecule has 1 aromatic heterocycles. The lowest BCUT2D eigenvalue weighted by molar-refractivity contribution is -0.137. The molecule has 0 aromatic carbocycles. The predicted molar refractivity (Wildman–Crippen MR) is 124 cm³/mol. The summed E-state index contributed by atoms with van der Waals surface area (Å²) in [5.41, 5.74) is -1.72. The van der Waals surface area contributed by atoms with E-state index >= 15 is 0 Å². The molecule has 0 bridgehead atoms. The number of aromatic nitrogens is 1. The number of aliphatic imine (C=N–C) groups is 1. The molecular weight excluding hydrogens is 550 g/mol. The fourth-order valence-electron chi connectivity index (χ4n) is 3.54. The van der Waals surface area contributed by atoms with E-state index in [2.05, 4.69) is 20.6 Å². The third kappa shape index (κ3) is 7.22. The molecule has 1 aromatic rings. The summed E-state index contributed by atoms with van der Waals surface area (Å²) < 4.78 is 43.8. The van der Waals surface area contributed by atoms with Gasteiger partial charge in [-0.05, 0) is 19.4 Å². The van der Waals surface area contributed by atoms with Crippen molar-refractivity contribution in [2.45, 2.75) is 44.0 Å². The van der Waals surface area contributed by atoms with Gasteiger partial charge in [0.15, 0.2) is 5.96 Å². The smallest absolute Gasteiger partial charge is 0.388 e. The van der Waals surface area contributed by atoms with Crippen molar-refractivity contribution in [3.05, 3.63) is 22.8 Å². The molecule has 1 unspecified atom stereocenters. The lowest BCUT2D eigenvalue weighted by atomic mass is 9.95. The summed E-state index contributed by atoms with van der Waals surface area (Å²) in [6.07, 6.45) is -1.82. The van der Waals surface area contributed by atoms with Crippen LogP contribution in [0.15, 0.2) is 17.3 Å². The molecular formula is C19H28ClF3IN5O2. The van der Waals surface area contributed by atoms with Crippen LogP contribution in [-0.2, 0) is 10.9 Å². The van der Waals surface area contributed by atoms with Crippen LogP contribution >= 0.6 is 35.6 Å². The van der Waals surface area contributed by atoms with Crippen LogP contribution in [0.2, 0.25) is 5.02 Å². The first kappa shape index (κ1) is 26.2. The van der Waals surface area contributed by atoms with Gasteiger partial charge in [-0.25, -0.2) is 4.98 Å². The molecule has 3 rings (SSSR count). The van der Waals surface area contributed by atoms with E-state index in [-0.39, 0.29) is 41.6 Å². The molecule has 0 amide bonds. The predicted octanol–water partition coefficient (Wildman–Crippen LogP) is 3.05. The number of anilines is 1. The molecule has 31 heavy (non-hydrogen) atoms. The van der Waals surface area contributed by atoms with Gasteiger partial charge in [-0.1, -0.05) is 11.6 Å². The van der Waals surface area contributed by atoms with Crippen LogP contribution in [0.5, 0.6) is 0 Å². The number of nitrogens with one attached hydrogen (secondary N) is 2. The first-order chi connectivity index (χ1) is 14.2. The van der Waals surface area contributed by atoms with E-state index in [1.807, 2.05) is 11.8 Å². The van der Waals surface area contributed by atoms with E-state index in [0.717, 1.165) is 18.7 Å². The van der Waals surface area contributed by atoms with E-state index in [4.69, 9.17) is 16.3 Å². The highest BCUT2D eigenvalue weighted by Gasteiger charge is 2.33. The highest BCUT2D eigenvalue weighted by Crippen LogP contribution is 2.34. The van der Waals surface area contributed by atoms with Crippen LogP contribution in [-0.4, -0.2) is 67.1 Å². The summed E-state index contributed by atoms with van der Waals surface area (Å²) in [4.78, 5) is 10.3. The second-order valence-electron chi connectivity index (χ2n) is 7.64. The number of guanidine groups is 1. The van der Waals surface area contributed by atoms with Crippen molar-refractivity contribution in [1.29, 1.82) is 0 Å². The molecule has 0 spiro atoms. The van der Waals surface area contributed by atoms with Crippen molar-refractivity contribution in [2.75, 3.05) is 44.3 Å². The van der Waals surface area contributed by atoms with Crippen molar-refractivity contribution < 1.29 is 23.0 Å². The van der Waals surface area contributed by atoms with Crippen LogP contribution < -0.4 is 15.5 Å². The van der Waals surface area contributed by atoms with Crippen LogP contribution in [0.1, 0.15) is 31.7 Å². The van der Waals surface area contributed by atoms with E-state index in [0.29, 0.717) is 57.5 Å².